The Kier molecular flexibility index (Phi) is 8.90. The molecular weight excluding hydrogens is 304 g/mol. The molecule has 134 valence electrons. The van der Waals surface area contributed by atoms with E-state index >= 15 is 0 Å². The van der Waals surface area contributed by atoms with Crippen LogP contribution in [0.5, 0.6) is 5.75 Å². The SMILES string of the molecule is CCC(C)NC(=O)CCNC(=O)COc1ccccc1C(C)CC. The number of hydrogen-bond acceptors (Lipinski definition) is 3. The monoisotopic (exact) mass is 334 g/mol. The number of nitrogens with one attached hydrogen (secondary N) is 2. The summed E-state index contributed by atoms with van der Waals surface area (Å²) in [5.74, 6) is 0.864. The van der Waals surface area contributed by atoms with Crippen molar-refractivity contribution in [3.05, 3.63) is 29.8 Å². The average Bonchev–Trinajstić information content (AvgIpc) is 2.59. The number of amides is 2. The summed E-state index contributed by atoms with van der Waals surface area (Å²) < 4.78 is 5.65. The van der Waals surface area contributed by atoms with Crippen molar-refractivity contribution in [2.45, 2.75) is 58.9 Å². The standard InChI is InChI=1S/C19H30N2O3/c1-5-14(3)16-9-7-8-10-17(16)24-13-19(23)20-12-11-18(22)21-15(4)6-2/h7-10,14-15H,5-6,11-13H2,1-4H3,(H,20,23)(H,21,22). The van der Waals surface area contributed by atoms with Crippen LogP contribution >= 0.6 is 0 Å². The number of benzene rings is 1. The number of carbonyl (C=O) groups excluding carboxylic acids is 2. The van der Waals surface area contributed by atoms with Crippen LogP contribution in [0.1, 0.15) is 58.4 Å². The summed E-state index contributed by atoms with van der Waals surface area (Å²) in [6, 6.07) is 7.95. The first-order chi connectivity index (χ1) is 11.5. The molecule has 1 rings (SSSR count). The highest BCUT2D eigenvalue weighted by molar-refractivity contribution is 5.79. The predicted octanol–water partition coefficient (Wildman–Crippen LogP) is 3.00. The van der Waals surface area contributed by atoms with Gasteiger partial charge in [-0.25, -0.2) is 0 Å². The van der Waals surface area contributed by atoms with Gasteiger partial charge in [-0.2, -0.15) is 0 Å². The molecule has 0 aromatic heterocycles. The first kappa shape index (κ1) is 20.0. The molecule has 2 unspecified atom stereocenters. The van der Waals surface area contributed by atoms with E-state index in [2.05, 4.69) is 24.5 Å². The van der Waals surface area contributed by atoms with Crippen molar-refractivity contribution < 1.29 is 14.3 Å². The molecular formula is C19H30N2O3. The van der Waals surface area contributed by atoms with E-state index in [0.29, 0.717) is 12.5 Å². The Morgan fingerprint density at radius 1 is 1.08 bits per heavy atom. The lowest BCUT2D eigenvalue weighted by molar-refractivity contribution is -0.123. The van der Waals surface area contributed by atoms with Crippen molar-refractivity contribution in [1.82, 2.24) is 10.6 Å². The second-order valence-corrected chi connectivity index (χ2v) is 6.11. The van der Waals surface area contributed by atoms with Gasteiger partial charge >= 0.3 is 0 Å². The minimum atomic E-state index is -0.217. The zero-order valence-electron chi connectivity index (χ0n) is 15.2. The highest BCUT2D eigenvalue weighted by Crippen LogP contribution is 2.28. The van der Waals surface area contributed by atoms with Gasteiger partial charge in [0, 0.05) is 19.0 Å². The van der Waals surface area contributed by atoms with Crippen LogP contribution in [0.15, 0.2) is 24.3 Å². The molecule has 0 heterocycles. The molecule has 0 aliphatic rings. The Morgan fingerprint density at radius 2 is 1.79 bits per heavy atom. The van der Waals surface area contributed by atoms with Crippen molar-refractivity contribution in [1.29, 1.82) is 0 Å². The Bertz CT molecular complexity index is 531. The smallest absolute Gasteiger partial charge is 0.257 e. The van der Waals surface area contributed by atoms with E-state index in [1.165, 1.54) is 0 Å². The van der Waals surface area contributed by atoms with Crippen molar-refractivity contribution in [3.63, 3.8) is 0 Å². The molecule has 0 saturated carbocycles. The zero-order valence-corrected chi connectivity index (χ0v) is 15.2. The summed E-state index contributed by atoms with van der Waals surface area (Å²) in [5, 5.41) is 5.58. The number of rotatable bonds is 10. The number of hydrogen-bond donors (Lipinski definition) is 2. The Labute approximate surface area is 145 Å². The fourth-order valence-electron chi connectivity index (χ4n) is 2.20. The summed E-state index contributed by atoms with van der Waals surface area (Å²) >= 11 is 0. The van der Waals surface area contributed by atoms with E-state index < -0.39 is 0 Å². The van der Waals surface area contributed by atoms with Crippen LogP contribution in [-0.4, -0.2) is 31.0 Å². The van der Waals surface area contributed by atoms with Crippen molar-refractivity contribution in [3.8, 4) is 5.75 Å². The van der Waals surface area contributed by atoms with Gasteiger partial charge in [-0.05, 0) is 37.3 Å². The van der Waals surface area contributed by atoms with Gasteiger partial charge in [0.25, 0.3) is 5.91 Å². The third-order valence-electron chi connectivity index (χ3n) is 4.12. The molecule has 5 nitrogen and oxygen atoms in total. The fraction of sp³-hybridized carbons (Fsp3) is 0.579. The molecule has 24 heavy (non-hydrogen) atoms. The van der Waals surface area contributed by atoms with Gasteiger partial charge in [0.1, 0.15) is 5.75 Å². The van der Waals surface area contributed by atoms with Gasteiger partial charge in [-0.1, -0.05) is 39.0 Å². The maximum absolute atomic E-state index is 11.9. The number of ether oxygens (including phenoxy) is 1. The molecule has 5 heteroatoms. The third-order valence-corrected chi connectivity index (χ3v) is 4.12. The molecule has 0 saturated heterocycles. The van der Waals surface area contributed by atoms with Gasteiger partial charge < -0.3 is 15.4 Å². The minimum absolute atomic E-state index is 0.0412. The van der Waals surface area contributed by atoms with Crippen LogP contribution in [0.3, 0.4) is 0 Å². The summed E-state index contributed by atoms with van der Waals surface area (Å²) in [6.07, 6.45) is 2.18. The average molecular weight is 334 g/mol. The first-order valence-electron chi connectivity index (χ1n) is 8.75. The fourth-order valence-corrected chi connectivity index (χ4v) is 2.20. The lowest BCUT2D eigenvalue weighted by Gasteiger charge is -2.15. The molecule has 1 aromatic rings. The second-order valence-electron chi connectivity index (χ2n) is 6.11. The molecule has 0 bridgehead atoms. The minimum Gasteiger partial charge on any atom is -0.483 e. The first-order valence-corrected chi connectivity index (χ1v) is 8.75. The van der Waals surface area contributed by atoms with Crippen LogP contribution in [0, 0.1) is 0 Å². The van der Waals surface area contributed by atoms with E-state index in [1.54, 1.807) is 0 Å². The normalized spacial score (nSPS) is 13.0. The molecule has 2 atom stereocenters. The van der Waals surface area contributed by atoms with Crippen molar-refractivity contribution in [2.75, 3.05) is 13.2 Å². The van der Waals surface area contributed by atoms with Gasteiger partial charge in [0.2, 0.25) is 5.91 Å². The Morgan fingerprint density at radius 3 is 2.46 bits per heavy atom. The van der Waals surface area contributed by atoms with Crippen LogP contribution in [-0.2, 0) is 9.59 Å². The molecule has 0 aliphatic carbocycles. The van der Waals surface area contributed by atoms with Crippen molar-refractivity contribution in [2.24, 2.45) is 0 Å². The van der Waals surface area contributed by atoms with Crippen molar-refractivity contribution >= 4 is 11.8 Å². The second kappa shape index (κ2) is 10.7. The number of para-hydroxylation sites is 1. The van der Waals surface area contributed by atoms with Gasteiger partial charge in [0.05, 0.1) is 0 Å². The molecule has 0 radical (unpaired) electrons. The molecule has 0 spiro atoms. The van der Waals surface area contributed by atoms with Gasteiger partial charge in [-0.15, -0.1) is 0 Å². The van der Waals surface area contributed by atoms with E-state index in [1.807, 2.05) is 38.1 Å². The Hall–Kier alpha value is -2.04. The maximum atomic E-state index is 11.9. The van der Waals surface area contributed by atoms with E-state index in [-0.39, 0.29) is 30.9 Å². The topological polar surface area (TPSA) is 67.4 Å². The van der Waals surface area contributed by atoms with Crippen LogP contribution < -0.4 is 15.4 Å². The summed E-state index contributed by atoms with van der Waals surface area (Å²) in [5.41, 5.74) is 1.11. The summed E-state index contributed by atoms with van der Waals surface area (Å²) in [4.78, 5) is 23.5. The summed E-state index contributed by atoms with van der Waals surface area (Å²) in [7, 11) is 0. The predicted molar refractivity (Wildman–Crippen MR) is 96.2 cm³/mol. The molecule has 2 N–H and O–H groups in total. The number of carbonyl (C=O) groups is 2. The Balaban J connectivity index is 2.36. The van der Waals surface area contributed by atoms with E-state index in [9.17, 15) is 9.59 Å². The molecule has 2 amide bonds. The lowest BCUT2D eigenvalue weighted by atomic mass is 9.98. The summed E-state index contributed by atoms with van der Waals surface area (Å²) in [6.45, 7) is 8.51. The molecule has 0 fully saturated rings. The zero-order chi connectivity index (χ0) is 17.9. The van der Waals surface area contributed by atoms with E-state index in [0.717, 1.165) is 24.2 Å². The quantitative estimate of drug-likeness (QED) is 0.691. The van der Waals surface area contributed by atoms with Gasteiger partial charge in [-0.3, -0.25) is 9.59 Å². The largest absolute Gasteiger partial charge is 0.483 e. The van der Waals surface area contributed by atoms with Crippen LogP contribution in [0.4, 0.5) is 0 Å². The highest BCUT2D eigenvalue weighted by Gasteiger charge is 2.11. The molecule has 1 aromatic carbocycles. The van der Waals surface area contributed by atoms with E-state index in [4.69, 9.17) is 4.74 Å². The van der Waals surface area contributed by atoms with Crippen LogP contribution in [0.2, 0.25) is 0 Å². The maximum Gasteiger partial charge on any atom is 0.257 e. The third kappa shape index (κ3) is 7.02. The van der Waals surface area contributed by atoms with Crippen LogP contribution in [0.25, 0.3) is 0 Å². The lowest BCUT2D eigenvalue weighted by Crippen LogP contribution is -2.36. The highest BCUT2D eigenvalue weighted by atomic mass is 16.5. The molecule has 0 aliphatic heterocycles. The van der Waals surface area contributed by atoms with Gasteiger partial charge in [0.15, 0.2) is 6.61 Å².